The van der Waals surface area contributed by atoms with Gasteiger partial charge in [0.15, 0.2) is 23.1 Å². The highest BCUT2D eigenvalue weighted by Gasteiger charge is 2.28. The van der Waals surface area contributed by atoms with Crippen molar-refractivity contribution in [2.24, 2.45) is 0 Å². The summed E-state index contributed by atoms with van der Waals surface area (Å²) in [6, 6.07) is 2.31. The summed E-state index contributed by atoms with van der Waals surface area (Å²) in [5.41, 5.74) is 0.244. The summed E-state index contributed by atoms with van der Waals surface area (Å²) in [4.78, 5) is 10.9. The Balaban J connectivity index is 2.23. The third-order valence-corrected chi connectivity index (χ3v) is 2.92. The van der Waals surface area contributed by atoms with Crippen molar-refractivity contribution in [3.05, 3.63) is 23.7 Å². The Morgan fingerprint density at radius 2 is 2.14 bits per heavy atom. The number of nitrogens with zero attached hydrogens (tertiary/aromatic N) is 1. The second-order valence-corrected chi connectivity index (χ2v) is 4.17. The average Bonchev–Trinajstić information content (AvgIpc) is 2.95. The summed E-state index contributed by atoms with van der Waals surface area (Å²) >= 11 is 0. The molecule has 2 aromatic rings. The van der Waals surface area contributed by atoms with Crippen LogP contribution in [0.3, 0.4) is 0 Å². The van der Waals surface area contributed by atoms with Crippen LogP contribution in [0, 0.1) is 5.82 Å². The highest BCUT2D eigenvalue weighted by Crippen LogP contribution is 2.47. The number of rotatable bonds is 3. The van der Waals surface area contributed by atoms with Crippen LogP contribution in [0.25, 0.3) is 11.3 Å². The van der Waals surface area contributed by atoms with Gasteiger partial charge in [-0.15, -0.1) is 0 Å². The summed E-state index contributed by atoms with van der Waals surface area (Å²) in [6.45, 7) is 0.565. The number of carbonyl (C=O) groups is 1. The Kier molecular flexibility index (Phi) is 3.13. The zero-order valence-electron chi connectivity index (χ0n) is 10.9. The van der Waals surface area contributed by atoms with E-state index in [0.717, 1.165) is 12.1 Å². The molecule has 0 amide bonds. The lowest BCUT2D eigenvalue weighted by molar-refractivity contribution is 0.0652. The molecular formula is C13H10FNO6. The van der Waals surface area contributed by atoms with Crippen LogP contribution >= 0.6 is 0 Å². The lowest BCUT2D eigenvalue weighted by atomic mass is 10.1. The Bertz CT molecular complexity index is 711. The Hall–Kier alpha value is -2.77. The number of aromatic carboxylic acids is 1. The van der Waals surface area contributed by atoms with Crippen molar-refractivity contribution in [1.82, 2.24) is 5.16 Å². The van der Waals surface area contributed by atoms with Crippen LogP contribution in [0.15, 0.2) is 16.7 Å². The maximum absolute atomic E-state index is 14.1. The largest absolute Gasteiger partial charge is 0.493 e. The number of ether oxygens (including phenoxy) is 3. The van der Waals surface area contributed by atoms with E-state index in [1.54, 1.807) is 0 Å². The molecule has 0 fully saturated rings. The third kappa shape index (κ3) is 2.14. The fourth-order valence-electron chi connectivity index (χ4n) is 2.06. The molecule has 0 atom stereocenters. The van der Waals surface area contributed by atoms with E-state index in [-0.39, 0.29) is 47.5 Å². The molecule has 0 saturated heterocycles. The number of hydrogen-bond acceptors (Lipinski definition) is 6. The van der Waals surface area contributed by atoms with Gasteiger partial charge in [-0.3, -0.25) is 0 Å². The third-order valence-electron chi connectivity index (χ3n) is 2.92. The van der Waals surface area contributed by atoms with Crippen molar-refractivity contribution in [2.45, 2.75) is 0 Å². The molecule has 0 unspecified atom stereocenters. The Labute approximate surface area is 117 Å². The molecule has 2 heterocycles. The van der Waals surface area contributed by atoms with E-state index in [0.29, 0.717) is 0 Å². The maximum atomic E-state index is 14.1. The number of carboxylic acids is 1. The predicted molar refractivity (Wildman–Crippen MR) is 66.4 cm³/mol. The van der Waals surface area contributed by atoms with Gasteiger partial charge in [0.05, 0.1) is 12.7 Å². The van der Waals surface area contributed by atoms with E-state index in [1.165, 1.54) is 7.11 Å². The van der Waals surface area contributed by atoms with Crippen LogP contribution in [0.2, 0.25) is 0 Å². The number of aromatic nitrogens is 1. The van der Waals surface area contributed by atoms with Gasteiger partial charge in [0.2, 0.25) is 5.76 Å². The molecule has 8 heteroatoms. The first-order chi connectivity index (χ1) is 10.1. The average molecular weight is 295 g/mol. The van der Waals surface area contributed by atoms with E-state index >= 15 is 0 Å². The van der Waals surface area contributed by atoms with Crippen LogP contribution in [-0.2, 0) is 0 Å². The zero-order valence-corrected chi connectivity index (χ0v) is 10.9. The van der Waals surface area contributed by atoms with Crippen LogP contribution in [0.5, 0.6) is 17.2 Å². The van der Waals surface area contributed by atoms with Gasteiger partial charge in [-0.05, 0) is 0 Å². The summed E-state index contributed by atoms with van der Waals surface area (Å²) in [5, 5.41) is 12.5. The molecule has 1 aromatic carbocycles. The Morgan fingerprint density at radius 3 is 2.81 bits per heavy atom. The number of halogens is 1. The Morgan fingerprint density at radius 1 is 1.38 bits per heavy atom. The van der Waals surface area contributed by atoms with Gasteiger partial charge in [-0.2, -0.15) is 0 Å². The van der Waals surface area contributed by atoms with Crippen molar-refractivity contribution >= 4 is 5.97 Å². The van der Waals surface area contributed by atoms with Crippen LogP contribution < -0.4 is 14.2 Å². The van der Waals surface area contributed by atoms with Gasteiger partial charge < -0.3 is 23.8 Å². The summed E-state index contributed by atoms with van der Waals surface area (Å²) in [6.07, 6.45) is 0. The SMILES string of the molecule is COc1c(F)cc2c(c1-c1cc(C(=O)O)on1)OCCO2. The van der Waals surface area contributed by atoms with E-state index in [4.69, 9.17) is 19.3 Å². The molecular weight excluding hydrogens is 285 g/mol. The predicted octanol–water partition coefficient (Wildman–Crippen LogP) is 1.96. The number of hydrogen-bond donors (Lipinski definition) is 1. The van der Waals surface area contributed by atoms with Crippen LogP contribution in [0.1, 0.15) is 10.6 Å². The lowest BCUT2D eigenvalue weighted by Gasteiger charge is -2.22. The van der Waals surface area contributed by atoms with Crippen molar-refractivity contribution in [3.63, 3.8) is 0 Å². The van der Waals surface area contributed by atoms with Crippen molar-refractivity contribution in [3.8, 4) is 28.5 Å². The van der Waals surface area contributed by atoms with Crippen molar-refractivity contribution in [1.29, 1.82) is 0 Å². The molecule has 1 N–H and O–H groups in total. The fourth-order valence-corrected chi connectivity index (χ4v) is 2.06. The standard InChI is InChI=1S/C13H10FNO6/c1-18-11-6(14)4-8-12(20-3-2-19-8)10(11)7-5-9(13(16)17)21-15-7/h4-5H,2-3H2,1H3,(H,16,17). The minimum atomic E-state index is -1.28. The minimum absolute atomic E-state index is 0.0884. The smallest absolute Gasteiger partial charge is 0.374 e. The summed E-state index contributed by atoms with van der Waals surface area (Å²) in [5.74, 6) is -2.00. The van der Waals surface area contributed by atoms with Crippen LogP contribution in [-0.4, -0.2) is 36.6 Å². The summed E-state index contributed by atoms with van der Waals surface area (Å²) < 4.78 is 34.6. The number of benzene rings is 1. The van der Waals surface area contributed by atoms with E-state index < -0.39 is 11.8 Å². The molecule has 0 spiro atoms. The minimum Gasteiger partial charge on any atom is -0.493 e. The first-order valence-corrected chi connectivity index (χ1v) is 5.98. The van der Waals surface area contributed by atoms with E-state index in [1.807, 2.05) is 0 Å². The number of carboxylic acid groups (broad SMARTS) is 1. The zero-order chi connectivity index (χ0) is 15.0. The van der Waals surface area contributed by atoms with E-state index in [2.05, 4.69) is 9.68 Å². The second kappa shape index (κ2) is 4.97. The highest BCUT2D eigenvalue weighted by molar-refractivity contribution is 5.87. The summed E-state index contributed by atoms with van der Waals surface area (Å²) in [7, 11) is 1.29. The molecule has 1 aromatic heterocycles. The van der Waals surface area contributed by atoms with Gasteiger partial charge >= 0.3 is 5.97 Å². The first-order valence-electron chi connectivity index (χ1n) is 5.98. The van der Waals surface area contributed by atoms with E-state index in [9.17, 15) is 9.18 Å². The van der Waals surface area contributed by atoms with Gasteiger partial charge in [0.1, 0.15) is 18.9 Å². The molecule has 7 nitrogen and oxygen atoms in total. The van der Waals surface area contributed by atoms with Crippen molar-refractivity contribution in [2.75, 3.05) is 20.3 Å². The van der Waals surface area contributed by atoms with Gasteiger partial charge in [-0.1, -0.05) is 5.16 Å². The van der Waals surface area contributed by atoms with Gasteiger partial charge in [0, 0.05) is 12.1 Å². The number of fused-ring (bicyclic) bond motifs is 1. The molecule has 1 aliphatic rings. The highest BCUT2D eigenvalue weighted by atomic mass is 19.1. The monoisotopic (exact) mass is 295 g/mol. The lowest BCUT2D eigenvalue weighted by Crippen LogP contribution is -2.16. The maximum Gasteiger partial charge on any atom is 0.374 e. The topological polar surface area (TPSA) is 91.0 Å². The van der Waals surface area contributed by atoms with Gasteiger partial charge in [-0.25, -0.2) is 9.18 Å². The normalized spacial score (nSPS) is 13.0. The molecule has 21 heavy (non-hydrogen) atoms. The molecule has 0 bridgehead atoms. The van der Waals surface area contributed by atoms with Crippen molar-refractivity contribution < 1.29 is 33.0 Å². The molecule has 0 saturated carbocycles. The number of methoxy groups -OCH3 is 1. The first kappa shape index (κ1) is 13.2. The molecule has 1 aliphatic heterocycles. The molecule has 0 aliphatic carbocycles. The molecule has 0 radical (unpaired) electrons. The van der Waals surface area contributed by atoms with Gasteiger partial charge in [0.25, 0.3) is 0 Å². The molecule has 3 rings (SSSR count). The van der Waals surface area contributed by atoms with Crippen LogP contribution in [0.4, 0.5) is 4.39 Å². The quantitative estimate of drug-likeness (QED) is 0.925. The molecule has 110 valence electrons. The fraction of sp³-hybridized carbons (Fsp3) is 0.231. The second-order valence-electron chi connectivity index (χ2n) is 4.17.